The minimum Gasteiger partial charge on any atom is -0.321 e. The molecule has 1 heterocycles. The van der Waals surface area contributed by atoms with Gasteiger partial charge in [-0.1, -0.05) is 48.0 Å². The van der Waals surface area contributed by atoms with E-state index in [2.05, 4.69) is 5.32 Å². The number of amides is 1. The van der Waals surface area contributed by atoms with Crippen LogP contribution in [0.5, 0.6) is 0 Å². The summed E-state index contributed by atoms with van der Waals surface area (Å²) in [5.74, 6) is -1.99. The number of carbonyl (C=O) groups excluding carboxylic acids is 2. The van der Waals surface area contributed by atoms with E-state index in [9.17, 15) is 22.4 Å². The van der Waals surface area contributed by atoms with Gasteiger partial charge in [0.2, 0.25) is 0 Å². The molecular weight excluding hydrogens is 515 g/mol. The average Bonchev–Trinajstić information content (AvgIpc) is 3.35. The summed E-state index contributed by atoms with van der Waals surface area (Å²) in [4.78, 5) is 26.2. The van der Waals surface area contributed by atoms with Crippen LogP contribution in [0.3, 0.4) is 0 Å². The van der Waals surface area contributed by atoms with E-state index in [1.54, 1.807) is 12.1 Å². The van der Waals surface area contributed by atoms with Crippen LogP contribution in [-0.2, 0) is 16.4 Å². The lowest BCUT2D eigenvalue weighted by molar-refractivity contribution is 0.102. The smallest absolute Gasteiger partial charge is 0.264 e. The highest BCUT2D eigenvalue weighted by atomic mass is 35.5. The average molecular weight is 535 g/mol. The van der Waals surface area contributed by atoms with Crippen molar-refractivity contribution in [3.63, 3.8) is 0 Å². The SMILES string of the molecule is O=C(Nc1ccc(Cl)cc1C(=O)c1ccccc1F)c1cccc(S(=O)(=O)N2CCc3ccccc32)c1. The summed E-state index contributed by atoms with van der Waals surface area (Å²) >= 11 is 6.08. The van der Waals surface area contributed by atoms with Gasteiger partial charge in [-0.05, 0) is 66.6 Å². The summed E-state index contributed by atoms with van der Waals surface area (Å²) in [6, 6.07) is 22.7. The zero-order valence-corrected chi connectivity index (χ0v) is 20.9. The molecule has 0 aromatic heterocycles. The lowest BCUT2D eigenvalue weighted by atomic mass is 10.0. The van der Waals surface area contributed by atoms with Crippen molar-refractivity contribution in [1.29, 1.82) is 0 Å². The first-order valence-electron chi connectivity index (χ1n) is 11.4. The molecule has 0 bridgehead atoms. The lowest BCUT2D eigenvalue weighted by Gasteiger charge is -2.20. The second kappa shape index (κ2) is 9.80. The van der Waals surface area contributed by atoms with Gasteiger partial charge in [-0.25, -0.2) is 12.8 Å². The number of hydrogen-bond acceptors (Lipinski definition) is 4. The van der Waals surface area contributed by atoms with E-state index in [0.29, 0.717) is 18.7 Å². The van der Waals surface area contributed by atoms with E-state index in [0.717, 1.165) is 5.56 Å². The number of halogens is 2. The van der Waals surface area contributed by atoms with Crippen LogP contribution < -0.4 is 9.62 Å². The van der Waals surface area contributed by atoms with Crippen LogP contribution in [-0.4, -0.2) is 26.7 Å². The van der Waals surface area contributed by atoms with Crippen molar-refractivity contribution in [3.8, 4) is 0 Å². The highest BCUT2D eigenvalue weighted by molar-refractivity contribution is 7.92. The van der Waals surface area contributed by atoms with Crippen molar-refractivity contribution in [3.05, 3.63) is 124 Å². The molecule has 0 saturated carbocycles. The first-order valence-corrected chi connectivity index (χ1v) is 13.2. The molecule has 4 aromatic carbocycles. The predicted octanol–water partition coefficient (Wildman–Crippen LogP) is 5.71. The highest BCUT2D eigenvalue weighted by Crippen LogP contribution is 2.33. The number of anilines is 2. The van der Waals surface area contributed by atoms with E-state index < -0.39 is 27.5 Å². The Morgan fingerprint density at radius 2 is 1.62 bits per heavy atom. The van der Waals surface area contributed by atoms with Gasteiger partial charge in [-0.2, -0.15) is 0 Å². The lowest BCUT2D eigenvalue weighted by Crippen LogP contribution is -2.29. The fourth-order valence-electron chi connectivity index (χ4n) is 4.28. The standard InChI is InChI=1S/C28H20ClFN2O4S/c29-20-12-13-25(23(17-20)27(33)22-9-2-3-10-24(22)30)31-28(34)19-7-5-8-21(16-19)37(35,36)32-15-14-18-6-1-4-11-26(18)32/h1-13,16-17H,14-15H2,(H,31,34). The number of rotatable bonds is 6. The fourth-order valence-corrected chi connectivity index (χ4v) is 6.00. The molecule has 0 fully saturated rings. The molecule has 0 saturated heterocycles. The second-order valence-corrected chi connectivity index (χ2v) is 10.7. The molecule has 0 aliphatic carbocycles. The van der Waals surface area contributed by atoms with Crippen molar-refractivity contribution in [2.75, 3.05) is 16.2 Å². The van der Waals surface area contributed by atoms with E-state index in [4.69, 9.17) is 11.6 Å². The van der Waals surface area contributed by atoms with Crippen molar-refractivity contribution < 1.29 is 22.4 Å². The van der Waals surface area contributed by atoms with Crippen LogP contribution in [0.1, 0.15) is 31.8 Å². The van der Waals surface area contributed by atoms with Crippen LogP contribution >= 0.6 is 11.6 Å². The van der Waals surface area contributed by atoms with Crippen molar-refractivity contribution in [2.45, 2.75) is 11.3 Å². The molecule has 1 aliphatic heterocycles. The number of carbonyl (C=O) groups is 2. The number of fused-ring (bicyclic) bond motifs is 1. The zero-order chi connectivity index (χ0) is 26.2. The number of hydrogen-bond donors (Lipinski definition) is 1. The van der Waals surface area contributed by atoms with Crippen LogP contribution in [0, 0.1) is 5.82 Å². The molecule has 9 heteroatoms. The Morgan fingerprint density at radius 3 is 2.43 bits per heavy atom. The highest BCUT2D eigenvalue weighted by Gasteiger charge is 2.31. The first kappa shape index (κ1) is 24.7. The van der Waals surface area contributed by atoms with Crippen molar-refractivity contribution >= 4 is 44.7 Å². The third-order valence-corrected chi connectivity index (χ3v) is 8.17. The Morgan fingerprint density at radius 1 is 0.865 bits per heavy atom. The number of sulfonamides is 1. The van der Waals surface area contributed by atoms with Crippen LogP contribution in [0.15, 0.2) is 95.9 Å². The van der Waals surface area contributed by atoms with Crippen LogP contribution in [0.25, 0.3) is 0 Å². The molecule has 37 heavy (non-hydrogen) atoms. The van der Waals surface area contributed by atoms with E-state index in [-0.39, 0.29) is 32.3 Å². The van der Waals surface area contributed by atoms with Gasteiger partial charge in [-0.15, -0.1) is 0 Å². The summed E-state index contributed by atoms with van der Waals surface area (Å²) in [6.07, 6.45) is 0.602. The van der Waals surface area contributed by atoms with E-state index in [1.165, 1.54) is 71.0 Å². The molecule has 0 atom stereocenters. The molecule has 6 nitrogen and oxygen atoms in total. The maximum Gasteiger partial charge on any atom is 0.264 e. The van der Waals surface area contributed by atoms with Gasteiger partial charge in [0.25, 0.3) is 15.9 Å². The third kappa shape index (κ3) is 4.73. The minimum absolute atomic E-state index is 0.00315. The van der Waals surface area contributed by atoms with Gasteiger partial charge in [0.05, 0.1) is 21.8 Å². The van der Waals surface area contributed by atoms with E-state index in [1.807, 2.05) is 12.1 Å². The largest absolute Gasteiger partial charge is 0.321 e. The molecule has 5 rings (SSSR count). The molecule has 1 amide bonds. The quantitative estimate of drug-likeness (QED) is 0.321. The van der Waals surface area contributed by atoms with Crippen LogP contribution in [0.4, 0.5) is 15.8 Å². The molecule has 1 aliphatic rings. The summed E-state index contributed by atoms with van der Waals surface area (Å²) in [6.45, 7) is 0.310. The Labute approximate surface area is 218 Å². The summed E-state index contributed by atoms with van der Waals surface area (Å²) in [5, 5.41) is 2.87. The zero-order valence-electron chi connectivity index (χ0n) is 19.3. The van der Waals surface area contributed by atoms with Gasteiger partial charge >= 0.3 is 0 Å². The molecule has 0 radical (unpaired) electrons. The summed E-state index contributed by atoms with van der Waals surface area (Å²) in [5.41, 5.74) is 1.59. The normalized spacial score (nSPS) is 12.8. The Balaban J connectivity index is 1.44. The fraction of sp³-hybridized carbons (Fsp3) is 0.0714. The molecule has 1 N–H and O–H groups in total. The summed E-state index contributed by atoms with van der Waals surface area (Å²) in [7, 11) is -3.91. The number of nitrogens with zero attached hydrogens (tertiary/aromatic N) is 1. The van der Waals surface area contributed by atoms with E-state index >= 15 is 0 Å². The maximum atomic E-state index is 14.3. The summed E-state index contributed by atoms with van der Waals surface area (Å²) < 4.78 is 42.4. The third-order valence-electron chi connectivity index (χ3n) is 6.12. The Kier molecular flexibility index (Phi) is 6.54. The number of para-hydroxylation sites is 1. The monoisotopic (exact) mass is 534 g/mol. The Hall–Kier alpha value is -4.01. The maximum absolute atomic E-state index is 14.3. The van der Waals surface area contributed by atoms with Gasteiger partial charge in [0, 0.05) is 22.7 Å². The minimum atomic E-state index is -3.91. The number of ketones is 1. The molecular formula is C28H20ClFN2O4S. The molecule has 186 valence electrons. The number of nitrogens with one attached hydrogen (secondary N) is 1. The molecule has 0 spiro atoms. The molecule has 0 unspecified atom stereocenters. The van der Waals surface area contributed by atoms with Crippen molar-refractivity contribution in [1.82, 2.24) is 0 Å². The topological polar surface area (TPSA) is 83.5 Å². The van der Waals surface area contributed by atoms with Crippen molar-refractivity contribution in [2.24, 2.45) is 0 Å². The Bertz CT molecular complexity index is 1660. The van der Waals surface area contributed by atoms with Gasteiger partial charge in [0.15, 0.2) is 5.78 Å². The predicted molar refractivity (Wildman–Crippen MR) is 140 cm³/mol. The van der Waals surface area contributed by atoms with Crippen LogP contribution in [0.2, 0.25) is 5.02 Å². The van der Waals surface area contributed by atoms with Gasteiger partial charge in [0.1, 0.15) is 5.82 Å². The van der Waals surface area contributed by atoms with Gasteiger partial charge < -0.3 is 5.32 Å². The number of benzene rings is 4. The molecule has 4 aromatic rings. The first-order chi connectivity index (χ1) is 17.8. The van der Waals surface area contributed by atoms with Gasteiger partial charge in [-0.3, -0.25) is 13.9 Å². The second-order valence-electron chi connectivity index (χ2n) is 8.44.